The number of rotatable bonds is 5. The Balaban J connectivity index is 2.10. The summed E-state index contributed by atoms with van der Waals surface area (Å²) in [5, 5.41) is 10.9. The second-order valence-electron chi connectivity index (χ2n) is 3.97. The molecule has 2 rings (SSSR count). The van der Waals surface area contributed by atoms with Crippen LogP contribution in [0.4, 0.5) is 5.69 Å². The number of hydrogen-bond donors (Lipinski definition) is 1. The molecular weight excluding hydrogens is 332 g/mol. The van der Waals surface area contributed by atoms with Crippen molar-refractivity contribution in [3.05, 3.63) is 20.5 Å². The summed E-state index contributed by atoms with van der Waals surface area (Å²) >= 11 is 8.09. The maximum Gasteiger partial charge on any atom is 0.300 e. The molecule has 1 aromatic heterocycles. The average molecular weight is 343 g/mol. The number of thioether (sulfide) groups is 1. The molecule has 1 saturated heterocycles. The second-order valence-corrected chi connectivity index (χ2v) is 9.02. The van der Waals surface area contributed by atoms with Gasteiger partial charge in [-0.2, -0.15) is 11.8 Å². The van der Waals surface area contributed by atoms with Crippen molar-refractivity contribution >= 4 is 50.4 Å². The Morgan fingerprint density at radius 1 is 1.58 bits per heavy atom. The van der Waals surface area contributed by atoms with Crippen molar-refractivity contribution in [2.75, 3.05) is 12.3 Å². The molecule has 0 aromatic carbocycles. The van der Waals surface area contributed by atoms with Crippen LogP contribution in [-0.2, 0) is 10.0 Å². The molecule has 1 aliphatic rings. The first kappa shape index (κ1) is 15.0. The molecule has 1 aliphatic heterocycles. The van der Waals surface area contributed by atoms with Gasteiger partial charge in [-0.3, -0.25) is 10.1 Å². The summed E-state index contributed by atoms with van der Waals surface area (Å²) in [7, 11) is -3.72. The number of thiophene rings is 1. The summed E-state index contributed by atoms with van der Waals surface area (Å²) in [6.45, 7) is 0.344. The lowest BCUT2D eigenvalue weighted by Crippen LogP contribution is -2.29. The standard InChI is InChI=1S/C9H11ClN2O4S3/c10-9-7(12(13)14)4-8(18-9)19(15,16)11-5-6-2-1-3-17-6/h4,6,11H,1-3,5H2. The number of nitro groups is 1. The van der Waals surface area contributed by atoms with Gasteiger partial charge in [0.1, 0.15) is 4.21 Å². The van der Waals surface area contributed by atoms with Gasteiger partial charge in [0.05, 0.1) is 4.92 Å². The molecule has 1 atom stereocenters. The first-order valence-electron chi connectivity index (χ1n) is 5.45. The lowest BCUT2D eigenvalue weighted by molar-refractivity contribution is -0.384. The molecule has 6 nitrogen and oxygen atoms in total. The Morgan fingerprint density at radius 2 is 2.32 bits per heavy atom. The summed E-state index contributed by atoms with van der Waals surface area (Å²) < 4.78 is 26.2. The van der Waals surface area contributed by atoms with Crippen LogP contribution in [0, 0.1) is 10.1 Å². The average Bonchev–Trinajstić information content (AvgIpc) is 2.95. The van der Waals surface area contributed by atoms with Crippen molar-refractivity contribution in [1.82, 2.24) is 4.72 Å². The summed E-state index contributed by atoms with van der Waals surface area (Å²) in [5.74, 6) is 1.04. The van der Waals surface area contributed by atoms with Gasteiger partial charge < -0.3 is 0 Å². The largest absolute Gasteiger partial charge is 0.300 e. The van der Waals surface area contributed by atoms with Crippen molar-refractivity contribution < 1.29 is 13.3 Å². The van der Waals surface area contributed by atoms with E-state index in [2.05, 4.69) is 4.72 Å². The predicted molar refractivity (Wildman–Crippen MR) is 76.7 cm³/mol. The molecule has 0 saturated carbocycles. The van der Waals surface area contributed by atoms with Crippen LogP contribution in [0.25, 0.3) is 0 Å². The van der Waals surface area contributed by atoms with Gasteiger partial charge in [0, 0.05) is 17.9 Å². The number of hydrogen-bond acceptors (Lipinski definition) is 6. The summed E-state index contributed by atoms with van der Waals surface area (Å²) in [4.78, 5) is 9.95. The summed E-state index contributed by atoms with van der Waals surface area (Å²) in [5.41, 5.74) is -0.373. The fourth-order valence-electron chi connectivity index (χ4n) is 1.67. The van der Waals surface area contributed by atoms with E-state index in [1.165, 1.54) is 0 Å². The van der Waals surface area contributed by atoms with Crippen molar-refractivity contribution in [1.29, 1.82) is 0 Å². The maximum atomic E-state index is 12.0. The number of nitrogens with zero attached hydrogens (tertiary/aromatic N) is 1. The third-order valence-corrected chi connectivity index (χ3v) is 7.27. The Kier molecular flexibility index (Phi) is 4.72. The molecule has 0 spiro atoms. The molecule has 10 heteroatoms. The quantitative estimate of drug-likeness (QED) is 0.656. The van der Waals surface area contributed by atoms with Crippen molar-refractivity contribution in [2.45, 2.75) is 22.3 Å². The van der Waals surface area contributed by atoms with Crippen molar-refractivity contribution in [3.8, 4) is 0 Å². The zero-order valence-corrected chi connectivity index (χ0v) is 12.9. The normalized spacial score (nSPS) is 19.7. The minimum atomic E-state index is -3.72. The summed E-state index contributed by atoms with van der Waals surface area (Å²) in [6.07, 6.45) is 2.08. The van der Waals surface area contributed by atoms with Gasteiger partial charge >= 0.3 is 0 Å². The van der Waals surface area contributed by atoms with E-state index >= 15 is 0 Å². The molecule has 1 fully saturated rings. The van der Waals surface area contributed by atoms with Crippen LogP contribution in [0.3, 0.4) is 0 Å². The third-order valence-electron chi connectivity index (χ3n) is 2.63. The van der Waals surface area contributed by atoms with Gasteiger partial charge in [-0.05, 0) is 18.6 Å². The van der Waals surface area contributed by atoms with E-state index in [-0.39, 0.29) is 19.5 Å². The first-order valence-corrected chi connectivity index (χ1v) is 9.18. The molecule has 1 aromatic rings. The molecule has 0 amide bonds. The van der Waals surface area contributed by atoms with E-state index in [0.717, 1.165) is 24.7 Å². The van der Waals surface area contributed by atoms with E-state index in [0.29, 0.717) is 17.9 Å². The minimum absolute atomic E-state index is 0.118. The van der Waals surface area contributed by atoms with Crippen LogP contribution in [0.15, 0.2) is 10.3 Å². The van der Waals surface area contributed by atoms with Crippen molar-refractivity contribution in [3.63, 3.8) is 0 Å². The molecule has 0 aliphatic carbocycles. The van der Waals surface area contributed by atoms with Gasteiger partial charge in [-0.15, -0.1) is 11.3 Å². The molecule has 0 bridgehead atoms. The molecule has 106 valence electrons. The van der Waals surface area contributed by atoms with Crippen LogP contribution < -0.4 is 4.72 Å². The third kappa shape index (κ3) is 3.60. The van der Waals surface area contributed by atoms with E-state index < -0.39 is 14.9 Å². The van der Waals surface area contributed by atoms with Gasteiger partial charge in [0.25, 0.3) is 5.69 Å². The Hall–Kier alpha value is -0.350. The highest BCUT2D eigenvalue weighted by molar-refractivity contribution is 8.00. The maximum absolute atomic E-state index is 12.0. The molecule has 2 heterocycles. The van der Waals surface area contributed by atoms with E-state index in [4.69, 9.17) is 11.6 Å². The topological polar surface area (TPSA) is 89.3 Å². The predicted octanol–water partition coefficient (Wildman–Crippen LogP) is 2.48. The molecular formula is C9H11ClN2O4S3. The highest BCUT2D eigenvalue weighted by atomic mass is 35.5. The molecule has 1 N–H and O–H groups in total. The lowest BCUT2D eigenvalue weighted by Gasteiger charge is -2.09. The summed E-state index contributed by atoms with van der Waals surface area (Å²) in [6, 6.07) is 0.997. The Labute approximate surface area is 123 Å². The molecule has 1 unspecified atom stereocenters. The number of sulfonamides is 1. The Morgan fingerprint density at radius 3 is 2.84 bits per heavy atom. The van der Waals surface area contributed by atoms with Crippen LogP contribution in [0.2, 0.25) is 4.34 Å². The first-order chi connectivity index (χ1) is 8.90. The smallest absolute Gasteiger partial charge is 0.258 e. The van der Waals surface area contributed by atoms with E-state index in [1.807, 2.05) is 0 Å². The van der Waals surface area contributed by atoms with Gasteiger partial charge in [0.15, 0.2) is 4.34 Å². The minimum Gasteiger partial charge on any atom is -0.258 e. The molecule has 0 radical (unpaired) electrons. The second kappa shape index (κ2) is 5.96. The molecule has 19 heavy (non-hydrogen) atoms. The van der Waals surface area contributed by atoms with Crippen LogP contribution >= 0.6 is 34.7 Å². The van der Waals surface area contributed by atoms with Gasteiger partial charge in [0.2, 0.25) is 10.0 Å². The van der Waals surface area contributed by atoms with Crippen LogP contribution in [0.1, 0.15) is 12.8 Å². The number of halogens is 1. The zero-order chi connectivity index (χ0) is 14.0. The van der Waals surface area contributed by atoms with Crippen molar-refractivity contribution in [2.24, 2.45) is 0 Å². The highest BCUT2D eigenvalue weighted by Crippen LogP contribution is 2.36. The fraction of sp³-hybridized carbons (Fsp3) is 0.556. The van der Waals surface area contributed by atoms with Crippen LogP contribution in [-0.4, -0.2) is 30.9 Å². The zero-order valence-electron chi connectivity index (χ0n) is 9.67. The Bertz CT molecular complexity index is 580. The monoisotopic (exact) mass is 342 g/mol. The van der Waals surface area contributed by atoms with E-state index in [1.54, 1.807) is 11.8 Å². The fourth-order valence-corrected chi connectivity index (χ4v) is 5.77. The number of nitrogens with one attached hydrogen (secondary N) is 1. The highest BCUT2D eigenvalue weighted by Gasteiger charge is 2.26. The SMILES string of the molecule is O=[N+]([O-])c1cc(S(=O)(=O)NCC2CCCS2)sc1Cl. The van der Waals surface area contributed by atoms with Gasteiger partial charge in [-0.1, -0.05) is 11.6 Å². The lowest BCUT2D eigenvalue weighted by atomic mass is 10.2. The van der Waals surface area contributed by atoms with E-state index in [9.17, 15) is 18.5 Å². The van der Waals surface area contributed by atoms with Crippen LogP contribution in [0.5, 0.6) is 0 Å². The van der Waals surface area contributed by atoms with Gasteiger partial charge in [-0.25, -0.2) is 13.1 Å².